The number of aliphatic hydroxyl groups excluding tert-OH is 1. The Bertz CT molecular complexity index is 695. The van der Waals surface area contributed by atoms with Crippen LogP contribution in [0.25, 0.3) is 11.0 Å². The Morgan fingerprint density at radius 1 is 1.48 bits per heavy atom. The second-order valence-corrected chi connectivity index (χ2v) is 6.35. The molecule has 0 radical (unpaired) electrons. The Morgan fingerprint density at radius 3 is 2.90 bits per heavy atom. The van der Waals surface area contributed by atoms with Crippen molar-refractivity contribution in [3.05, 3.63) is 18.1 Å². The molecule has 2 aromatic rings. The maximum absolute atomic E-state index is 11.1. The van der Waals surface area contributed by atoms with Gasteiger partial charge in [-0.1, -0.05) is 13.8 Å². The second-order valence-electron chi connectivity index (χ2n) is 6.35. The number of β-amino-alcohol motifs (C(OH)–C–C–N with tert-alkyl or cyclic N) is 1. The summed E-state index contributed by atoms with van der Waals surface area (Å²) >= 11 is 0. The van der Waals surface area contributed by atoms with Crippen LogP contribution in [-0.2, 0) is 0 Å². The molecule has 0 aliphatic carbocycles. The third-order valence-electron chi connectivity index (χ3n) is 3.77. The van der Waals surface area contributed by atoms with E-state index in [1.54, 1.807) is 6.07 Å². The van der Waals surface area contributed by atoms with Crippen LogP contribution < -0.4 is 4.90 Å². The first-order valence-electron chi connectivity index (χ1n) is 6.86. The minimum Gasteiger partial charge on any atom is -0.477 e. The summed E-state index contributed by atoms with van der Waals surface area (Å²) in [5, 5.41) is 19.8. The number of carboxylic acids is 1. The van der Waals surface area contributed by atoms with Crippen molar-refractivity contribution in [2.75, 3.05) is 18.0 Å². The monoisotopic (exact) mass is 290 g/mol. The number of carboxylic acid groups (broad SMARTS) is 1. The topological polar surface area (TPSA) is 102 Å². The Morgan fingerprint density at radius 2 is 2.24 bits per heavy atom. The van der Waals surface area contributed by atoms with Gasteiger partial charge in [0.05, 0.1) is 11.5 Å². The number of fused-ring (bicyclic) bond motifs is 1. The minimum absolute atomic E-state index is 0.0269. The number of carbonyl (C=O) groups is 1. The molecule has 1 saturated heterocycles. The summed E-state index contributed by atoms with van der Waals surface area (Å²) in [6.07, 6.45) is 1.73. The summed E-state index contributed by atoms with van der Waals surface area (Å²) in [4.78, 5) is 24.2. The van der Waals surface area contributed by atoms with Crippen LogP contribution in [0.1, 0.15) is 30.8 Å². The van der Waals surface area contributed by atoms with Gasteiger partial charge >= 0.3 is 5.97 Å². The lowest BCUT2D eigenvalue weighted by molar-refractivity contribution is 0.0691. The lowest BCUT2D eigenvalue weighted by Gasteiger charge is -2.41. The standard InChI is InChI=1S/C14H18N4O3/c1-14(2)4-8(19)5-18(6-14)12-9-3-10(13(20)21)17-11(9)15-7-16-12/h3,7-8,19H,4-6H2,1-2H3,(H,20,21)(H,15,16,17). The van der Waals surface area contributed by atoms with E-state index in [9.17, 15) is 9.90 Å². The smallest absolute Gasteiger partial charge is 0.352 e. The third-order valence-corrected chi connectivity index (χ3v) is 3.77. The highest BCUT2D eigenvalue weighted by Crippen LogP contribution is 2.33. The van der Waals surface area contributed by atoms with Crippen molar-refractivity contribution in [1.29, 1.82) is 0 Å². The number of aromatic amines is 1. The molecule has 112 valence electrons. The first-order valence-corrected chi connectivity index (χ1v) is 6.86. The number of hydrogen-bond donors (Lipinski definition) is 3. The summed E-state index contributed by atoms with van der Waals surface area (Å²) in [5.41, 5.74) is 0.555. The van der Waals surface area contributed by atoms with E-state index in [1.807, 2.05) is 4.90 Å². The molecule has 7 nitrogen and oxygen atoms in total. The molecule has 1 aliphatic heterocycles. The Kier molecular flexibility index (Phi) is 3.09. The van der Waals surface area contributed by atoms with Gasteiger partial charge in [0.2, 0.25) is 0 Å². The number of aromatic carboxylic acids is 1. The molecule has 0 saturated carbocycles. The van der Waals surface area contributed by atoms with E-state index in [0.29, 0.717) is 23.4 Å². The largest absolute Gasteiger partial charge is 0.477 e. The fraction of sp³-hybridized carbons (Fsp3) is 0.500. The van der Waals surface area contributed by atoms with E-state index < -0.39 is 12.1 Å². The summed E-state index contributed by atoms with van der Waals surface area (Å²) in [6, 6.07) is 1.54. The fourth-order valence-corrected chi connectivity index (χ4v) is 3.06. The zero-order valence-corrected chi connectivity index (χ0v) is 12.0. The average molecular weight is 290 g/mol. The second kappa shape index (κ2) is 4.70. The van der Waals surface area contributed by atoms with Gasteiger partial charge in [-0.15, -0.1) is 0 Å². The number of hydrogen-bond acceptors (Lipinski definition) is 5. The van der Waals surface area contributed by atoms with Gasteiger partial charge < -0.3 is 20.1 Å². The number of nitrogens with one attached hydrogen (secondary N) is 1. The molecule has 0 aromatic carbocycles. The molecular formula is C14H18N4O3. The van der Waals surface area contributed by atoms with Crippen LogP contribution in [0.4, 0.5) is 5.82 Å². The highest BCUT2D eigenvalue weighted by Gasteiger charge is 2.33. The first kappa shape index (κ1) is 13.8. The summed E-state index contributed by atoms with van der Waals surface area (Å²) in [7, 11) is 0. The maximum Gasteiger partial charge on any atom is 0.352 e. The van der Waals surface area contributed by atoms with Gasteiger partial charge in [0.15, 0.2) is 0 Å². The number of anilines is 1. The third kappa shape index (κ3) is 2.56. The molecule has 1 atom stereocenters. The lowest BCUT2D eigenvalue weighted by atomic mass is 9.83. The highest BCUT2D eigenvalue weighted by molar-refractivity contribution is 5.96. The summed E-state index contributed by atoms with van der Waals surface area (Å²) in [6.45, 7) is 5.44. The van der Waals surface area contributed by atoms with E-state index >= 15 is 0 Å². The Balaban J connectivity index is 2.05. The molecule has 2 aromatic heterocycles. The SMILES string of the molecule is CC1(C)CC(O)CN(c2ncnc3[nH]c(C(=O)O)cc23)C1. The molecule has 1 unspecified atom stereocenters. The molecule has 21 heavy (non-hydrogen) atoms. The van der Waals surface area contributed by atoms with Crippen molar-refractivity contribution < 1.29 is 15.0 Å². The molecule has 3 rings (SSSR count). The van der Waals surface area contributed by atoms with Gasteiger partial charge in [-0.05, 0) is 17.9 Å². The maximum atomic E-state index is 11.1. The van der Waals surface area contributed by atoms with Crippen LogP contribution in [0.2, 0.25) is 0 Å². The van der Waals surface area contributed by atoms with Crippen LogP contribution >= 0.6 is 0 Å². The predicted octanol–water partition coefficient (Wildman–Crippen LogP) is 1.25. The van der Waals surface area contributed by atoms with E-state index in [4.69, 9.17) is 5.11 Å². The quantitative estimate of drug-likeness (QED) is 0.769. The molecular weight excluding hydrogens is 272 g/mol. The van der Waals surface area contributed by atoms with E-state index in [0.717, 1.165) is 13.0 Å². The number of nitrogens with zero attached hydrogens (tertiary/aromatic N) is 3. The number of aliphatic hydroxyl groups is 1. The van der Waals surface area contributed by atoms with Crippen LogP contribution in [0, 0.1) is 5.41 Å². The first-order chi connectivity index (χ1) is 9.85. The fourth-order valence-electron chi connectivity index (χ4n) is 3.06. The van der Waals surface area contributed by atoms with Crippen LogP contribution in [0.3, 0.4) is 0 Å². The van der Waals surface area contributed by atoms with Crippen molar-refractivity contribution in [2.24, 2.45) is 5.41 Å². The number of rotatable bonds is 2. The Labute approximate surface area is 121 Å². The van der Waals surface area contributed by atoms with E-state index in [2.05, 4.69) is 28.8 Å². The number of H-pyrrole nitrogens is 1. The van der Waals surface area contributed by atoms with Gasteiger partial charge in [-0.25, -0.2) is 14.8 Å². The molecule has 3 N–H and O–H groups in total. The Hall–Kier alpha value is -2.15. The van der Waals surface area contributed by atoms with E-state index in [1.165, 1.54) is 6.33 Å². The normalized spacial score (nSPS) is 21.7. The van der Waals surface area contributed by atoms with Crippen molar-refractivity contribution in [3.8, 4) is 0 Å². The van der Waals surface area contributed by atoms with Crippen LogP contribution in [-0.4, -0.2) is 50.3 Å². The molecule has 3 heterocycles. The van der Waals surface area contributed by atoms with Crippen LogP contribution in [0.15, 0.2) is 12.4 Å². The molecule has 0 amide bonds. The molecule has 0 bridgehead atoms. The van der Waals surface area contributed by atoms with Crippen molar-refractivity contribution in [3.63, 3.8) is 0 Å². The summed E-state index contributed by atoms with van der Waals surface area (Å²) in [5.74, 6) is -0.367. The number of piperidine rings is 1. The zero-order chi connectivity index (χ0) is 15.2. The van der Waals surface area contributed by atoms with E-state index in [-0.39, 0.29) is 11.1 Å². The van der Waals surface area contributed by atoms with Gasteiger partial charge in [-0.2, -0.15) is 0 Å². The lowest BCUT2D eigenvalue weighted by Crippen LogP contribution is -2.47. The van der Waals surface area contributed by atoms with Gasteiger partial charge in [-0.3, -0.25) is 0 Å². The van der Waals surface area contributed by atoms with Gasteiger partial charge in [0.1, 0.15) is 23.5 Å². The van der Waals surface area contributed by atoms with Crippen molar-refractivity contribution in [2.45, 2.75) is 26.4 Å². The molecule has 0 spiro atoms. The van der Waals surface area contributed by atoms with Gasteiger partial charge in [0, 0.05) is 13.1 Å². The van der Waals surface area contributed by atoms with Crippen molar-refractivity contribution in [1.82, 2.24) is 15.0 Å². The highest BCUT2D eigenvalue weighted by atomic mass is 16.4. The minimum atomic E-state index is -1.03. The molecule has 1 aliphatic rings. The summed E-state index contributed by atoms with van der Waals surface area (Å²) < 4.78 is 0. The predicted molar refractivity (Wildman–Crippen MR) is 77.5 cm³/mol. The number of aromatic nitrogens is 3. The average Bonchev–Trinajstić information content (AvgIpc) is 2.79. The van der Waals surface area contributed by atoms with Crippen molar-refractivity contribution >= 4 is 22.8 Å². The van der Waals surface area contributed by atoms with Gasteiger partial charge in [0.25, 0.3) is 0 Å². The molecule has 1 fully saturated rings. The zero-order valence-electron chi connectivity index (χ0n) is 12.0. The van der Waals surface area contributed by atoms with Crippen LogP contribution in [0.5, 0.6) is 0 Å². The molecule has 7 heteroatoms.